The summed E-state index contributed by atoms with van der Waals surface area (Å²) in [6.45, 7) is 11.3. The summed E-state index contributed by atoms with van der Waals surface area (Å²) in [7, 11) is 3.88. The molecule has 0 aliphatic heterocycles. The molecule has 44 heteroatoms. The van der Waals surface area contributed by atoms with Crippen molar-refractivity contribution in [1.82, 2.24) is 73.1 Å². The number of aromatic carboxylic acids is 1. The number of nitrogens with one attached hydrogen (secondary N) is 4. The third kappa shape index (κ3) is 28.0. The molecule has 10 heterocycles. The van der Waals surface area contributed by atoms with Crippen molar-refractivity contribution in [2.24, 2.45) is 5.90 Å². The zero-order valence-corrected chi connectivity index (χ0v) is 82.3. The Labute approximate surface area is 856 Å². The summed E-state index contributed by atoms with van der Waals surface area (Å²) in [5, 5.41) is 18.8. The Hall–Kier alpha value is -16.2. The quantitative estimate of drug-likeness (QED) is 0.00953. The first-order valence-electron chi connectivity index (χ1n) is 42.4. The van der Waals surface area contributed by atoms with E-state index in [2.05, 4.69) is 80.3 Å². The van der Waals surface area contributed by atoms with Crippen LogP contribution in [-0.4, -0.2) is 135 Å². The van der Waals surface area contributed by atoms with Crippen molar-refractivity contribution in [2.75, 3.05) is 43.0 Å². The fraction of sp³-hybridized carbons (Fsp3) is 0.119. The fourth-order valence-electron chi connectivity index (χ4n) is 14.2. The van der Waals surface area contributed by atoms with Crippen LogP contribution in [0.4, 0.5) is 79.7 Å². The summed E-state index contributed by atoms with van der Waals surface area (Å²) >= 11 is 17.1. The van der Waals surface area contributed by atoms with E-state index >= 15 is 0 Å². The predicted octanol–water partition coefficient (Wildman–Crippen LogP) is 20.6. The number of aromatic nitrogens is 15. The molecular formula is C101H83Cl3F9N20NaO11. The van der Waals surface area contributed by atoms with E-state index in [1.54, 1.807) is 39.7 Å². The van der Waals surface area contributed by atoms with E-state index < -0.39 is 65.1 Å². The van der Waals surface area contributed by atoms with Gasteiger partial charge in [-0.2, -0.15) is 45.4 Å². The second-order valence-electron chi connectivity index (χ2n) is 30.8. The molecular weight excluding hydrogens is 1970 g/mol. The number of benzene rings is 9. The van der Waals surface area contributed by atoms with Gasteiger partial charge in [0.15, 0.2) is 0 Å². The first kappa shape index (κ1) is 109. The van der Waals surface area contributed by atoms with E-state index in [1.807, 2.05) is 178 Å². The molecule has 0 saturated heterocycles. The molecule has 0 aliphatic carbocycles. The number of rotatable bonds is 15. The van der Waals surface area contributed by atoms with Crippen LogP contribution in [-0.2, 0) is 37.6 Å². The Morgan fingerprint density at radius 1 is 0.345 bits per heavy atom. The molecule has 738 valence electrons. The summed E-state index contributed by atoms with van der Waals surface area (Å²) in [6, 6.07) is 73.7. The van der Waals surface area contributed by atoms with Crippen LogP contribution in [0.1, 0.15) is 103 Å². The Kier molecular flexibility index (Phi) is 36.2. The SMILES string of the molecule is COC(=O)c1cc(Cl)nc(-n2c(C)nc3ccccc32)c1.COC(=O)c1cc(Cl)nc(Cl)c1.COC(=O)c1cc(Nc2ccc(C(F)(F)F)cc2)nc(-n2c(C)nc3ccccc32)c1.Cc1ccc(N)cc1.Cc1nc2ccccc2[nH]1.Cc1nc2ccccc2n1-c1cc(C(=O)O)cc(Nc2ccc(C(F)(F)F)cc2)n1.Cc1nc2ccccc2n1-c1cc(C(=O)ON)cc(Nc2ccc(C(F)(F)F)cc2)n1.[Na+].[OH-]. The number of carbonyl (C=O) groups is 5. The maximum absolute atomic E-state index is 12.8. The van der Waals surface area contributed by atoms with Gasteiger partial charge in [0.2, 0.25) is 0 Å². The van der Waals surface area contributed by atoms with Gasteiger partial charge in [0.1, 0.15) is 85.3 Å². The summed E-state index contributed by atoms with van der Waals surface area (Å²) in [5.74, 6) is 7.55. The monoisotopic (exact) mass is 2050 g/mol. The minimum atomic E-state index is -4.44. The third-order valence-corrected chi connectivity index (χ3v) is 21.3. The van der Waals surface area contributed by atoms with Gasteiger partial charge in [-0.15, -0.1) is 0 Å². The number of halogens is 12. The van der Waals surface area contributed by atoms with Crippen molar-refractivity contribution in [1.29, 1.82) is 0 Å². The molecule has 0 fully saturated rings. The number of aromatic amines is 1. The van der Waals surface area contributed by atoms with Gasteiger partial charge in [0, 0.05) is 22.7 Å². The maximum atomic E-state index is 12.8. The zero-order valence-electron chi connectivity index (χ0n) is 78.1. The van der Waals surface area contributed by atoms with Crippen molar-refractivity contribution in [3.05, 3.63) is 374 Å². The number of nitrogens with two attached hydrogens (primary N) is 2. The number of hydrogen-bond donors (Lipinski definition) is 7. The number of hydrogen-bond acceptors (Lipinski definition) is 25. The third-order valence-electron chi connectivity index (χ3n) is 20.7. The fourth-order valence-corrected chi connectivity index (χ4v) is 14.9. The normalized spacial score (nSPS) is 10.9. The Bertz CT molecular complexity index is 7600. The first-order valence-corrected chi connectivity index (χ1v) is 43.6. The molecule has 9 aromatic carbocycles. The van der Waals surface area contributed by atoms with Gasteiger partial charge < -0.3 is 56.3 Å². The van der Waals surface area contributed by atoms with Gasteiger partial charge in [0.05, 0.1) is 121 Å². The molecule has 0 aliphatic rings. The second kappa shape index (κ2) is 48.0. The van der Waals surface area contributed by atoms with Crippen LogP contribution in [0.25, 0.3) is 78.4 Å². The number of H-pyrrole nitrogens is 1. The van der Waals surface area contributed by atoms with Crippen molar-refractivity contribution in [2.45, 2.75) is 60.1 Å². The Morgan fingerprint density at radius 2 is 0.621 bits per heavy atom. The van der Waals surface area contributed by atoms with Crippen molar-refractivity contribution in [3.8, 4) is 23.3 Å². The van der Waals surface area contributed by atoms with E-state index in [0.29, 0.717) is 68.9 Å². The van der Waals surface area contributed by atoms with Gasteiger partial charge in [-0.05, 0) is 248 Å². The number of esters is 3. The topological polar surface area (TPSA) is 425 Å². The van der Waals surface area contributed by atoms with E-state index in [0.717, 1.165) is 109 Å². The predicted molar refractivity (Wildman–Crippen MR) is 527 cm³/mol. The number of carboxylic acids is 1. The van der Waals surface area contributed by atoms with E-state index in [1.165, 1.54) is 112 Å². The number of anilines is 7. The number of ether oxygens (including phenoxy) is 3. The minimum absolute atomic E-state index is 0. The molecule has 19 rings (SSSR count). The molecule has 10 N–H and O–H groups in total. The van der Waals surface area contributed by atoms with E-state index in [9.17, 15) is 68.6 Å². The second-order valence-corrected chi connectivity index (χ2v) is 32.0. The van der Waals surface area contributed by atoms with Gasteiger partial charge >= 0.3 is 77.9 Å². The number of nitrogen functional groups attached to an aromatic ring is 1. The smallest absolute Gasteiger partial charge is 0.870 e. The molecule has 0 unspecified atom stereocenters. The molecule has 0 atom stereocenters. The Balaban J connectivity index is 0.000000168. The number of para-hydroxylation sites is 10. The summed E-state index contributed by atoms with van der Waals surface area (Å²) < 4.78 is 136. The van der Waals surface area contributed by atoms with Crippen LogP contribution in [0.15, 0.2) is 279 Å². The molecule has 0 radical (unpaired) electrons. The molecule has 145 heavy (non-hydrogen) atoms. The van der Waals surface area contributed by atoms with Crippen LogP contribution in [0, 0.1) is 41.5 Å². The molecule has 10 aromatic heterocycles. The molecule has 0 spiro atoms. The number of methoxy groups -OCH3 is 3. The van der Waals surface area contributed by atoms with Crippen LogP contribution < -0.4 is 57.1 Å². The number of fused-ring (bicyclic) bond motifs is 5. The number of imidazole rings is 5. The van der Waals surface area contributed by atoms with Gasteiger partial charge in [-0.3, -0.25) is 18.3 Å². The van der Waals surface area contributed by atoms with E-state index in [-0.39, 0.29) is 84.6 Å². The standard InChI is InChI=1S/C22H17F3N4O2.C21H16F3N5O2.C21H15F3N4O2.C15H12ClN3O2.C8H8N2.C7H5Cl2NO2.C7H9N.Na.H2O/c1-13-26-17-5-3-4-6-18(17)29(13)20-12-14(21(30)31-2)11-19(28-20)27-16-9-7-15(8-10-16)22(23,24)25;1-12-26-16-4-2-3-5-17(16)29(12)19-11-13(20(30)31-25)10-18(28-19)27-15-8-6-14(7-9-15)21(22,23)24;1-12-25-16-4-2-3-5-17(16)28(12)19-11-13(20(29)30)10-18(27-19)26-15-8-6-14(7-9-15)21(22,23)24;1-9-17-11-5-3-4-6-12(11)19(9)14-8-10(15(20)21-2)7-13(16)18-14;1-6-9-7-4-2-3-5-8(7)10-6;1-12-7(11)4-2-5(8)10-6(9)3-4;1-6-2-4-7(8)5-3-6;;/h3-12H,1-2H3,(H,27,28);2-11H,25H2,1H3,(H,27,28);2-11H,1H3,(H,26,27)(H,29,30);3-8H,1-2H3;2-5H,1H3,(H,9,10);2-3H,1H3;2-5H,8H2,1H3;;1H2/q;;;;;;;+1;/p-1. The molecule has 0 bridgehead atoms. The summed E-state index contributed by atoms with van der Waals surface area (Å²) in [4.78, 5) is 110. The van der Waals surface area contributed by atoms with Gasteiger partial charge in [0.25, 0.3) is 0 Å². The number of aryl methyl sites for hydroxylation is 6. The average Bonchev–Trinajstić information content (AvgIpc) is 1.63. The number of nitrogens with zero attached hydrogens (tertiary/aromatic N) is 14. The molecule has 31 nitrogen and oxygen atoms in total. The number of alkyl halides is 9. The van der Waals surface area contributed by atoms with E-state index in [4.69, 9.17) is 55.9 Å². The van der Waals surface area contributed by atoms with Crippen molar-refractivity contribution >= 4 is 160 Å². The van der Waals surface area contributed by atoms with Gasteiger partial charge in [-0.25, -0.2) is 73.8 Å². The van der Waals surface area contributed by atoms with Crippen LogP contribution in [0.2, 0.25) is 15.5 Å². The molecule has 19 aromatic rings. The zero-order chi connectivity index (χ0) is 103. The largest absolute Gasteiger partial charge is 1.00 e. The van der Waals surface area contributed by atoms with Crippen molar-refractivity contribution in [3.63, 3.8) is 0 Å². The summed E-state index contributed by atoms with van der Waals surface area (Å²) in [6.07, 6.45) is -13.3. The maximum Gasteiger partial charge on any atom is 1.00 e. The molecule has 0 saturated carbocycles. The number of carbonyl (C=O) groups excluding carboxylic acids is 4. The van der Waals surface area contributed by atoms with Crippen LogP contribution in [0.3, 0.4) is 0 Å². The first-order chi connectivity index (χ1) is 68.1. The Morgan fingerprint density at radius 3 is 0.924 bits per heavy atom. The minimum Gasteiger partial charge on any atom is -0.870 e. The van der Waals surface area contributed by atoms with Crippen LogP contribution in [0.5, 0.6) is 0 Å². The number of carboxylic acid groups (broad SMARTS) is 1. The van der Waals surface area contributed by atoms with Crippen molar-refractivity contribution < 1.29 is 123 Å². The van der Waals surface area contributed by atoms with Crippen LogP contribution >= 0.6 is 34.8 Å². The summed E-state index contributed by atoms with van der Waals surface area (Å²) in [5.41, 5.74) is 15.7. The van der Waals surface area contributed by atoms with Gasteiger partial charge in [-0.1, -0.05) is 113 Å². The molecule has 0 amide bonds. The average molecular weight is 2050 g/mol. The number of pyridine rings is 5.